The summed E-state index contributed by atoms with van der Waals surface area (Å²) < 4.78 is 0. The summed E-state index contributed by atoms with van der Waals surface area (Å²) in [5, 5.41) is 3.68. The third-order valence-electron chi connectivity index (χ3n) is 8.86. The van der Waals surface area contributed by atoms with Crippen molar-refractivity contribution in [2.45, 2.75) is 90.4 Å². The number of hydrogen-bond donors (Lipinski definition) is 1. The van der Waals surface area contributed by atoms with E-state index in [0.717, 1.165) is 51.6 Å². The van der Waals surface area contributed by atoms with Gasteiger partial charge >= 0.3 is 0 Å². The van der Waals surface area contributed by atoms with Gasteiger partial charge in [0.2, 0.25) is 0 Å². The van der Waals surface area contributed by atoms with E-state index in [1.807, 2.05) is 18.5 Å². The minimum absolute atomic E-state index is 0.559. The fourth-order valence-corrected chi connectivity index (χ4v) is 6.08. The van der Waals surface area contributed by atoms with Crippen molar-refractivity contribution in [2.24, 2.45) is 0 Å². The zero-order valence-corrected chi connectivity index (χ0v) is 25.2. The quantitative estimate of drug-likeness (QED) is 0.260. The lowest BCUT2D eigenvalue weighted by molar-refractivity contribution is 0.212. The van der Waals surface area contributed by atoms with Gasteiger partial charge in [-0.25, -0.2) is 0 Å². The molecule has 4 aromatic rings. The maximum Gasteiger partial charge on any atom is 0.0451 e. The second-order valence-corrected chi connectivity index (χ2v) is 11.7. The lowest BCUT2D eigenvalue weighted by atomic mass is 9.91. The summed E-state index contributed by atoms with van der Waals surface area (Å²) >= 11 is 0. The first-order valence-electron chi connectivity index (χ1n) is 15.6. The normalized spacial score (nSPS) is 17.8. The molecule has 41 heavy (non-hydrogen) atoms. The Hall–Kier alpha value is -3.34. The van der Waals surface area contributed by atoms with E-state index in [-0.39, 0.29) is 0 Å². The molecule has 0 spiro atoms. The second-order valence-electron chi connectivity index (χ2n) is 11.7. The van der Waals surface area contributed by atoms with Crippen LogP contribution in [0.15, 0.2) is 85.2 Å². The van der Waals surface area contributed by atoms with Gasteiger partial charge in [0.25, 0.3) is 0 Å². The van der Waals surface area contributed by atoms with Gasteiger partial charge in [0.05, 0.1) is 0 Å². The van der Waals surface area contributed by atoms with Gasteiger partial charge < -0.3 is 5.32 Å². The van der Waals surface area contributed by atoms with E-state index in [1.165, 1.54) is 57.6 Å². The number of benzene rings is 2. The summed E-state index contributed by atoms with van der Waals surface area (Å²) in [5.41, 5.74) is 11.0. The fraction of sp³-hybridized carbons (Fsp3) is 0.405. The third kappa shape index (κ3) is 8.12. The summed E-state index contributed by atoms with van der Waals surface area (Å²) in [7, 11) is 2.24. The molecule has 0 bridgehead atoms. The van der Waals surface area contributed by atoms with Crippen LogP contribution in [0.3, 0.4) is 0 Å². The molecule has 2 unspecified atom stereocenters. The summed E-state index contributed by atoms with van der Waals surface area (Å²) in [6.45, 7) is 6.38. The number of fused-ring (bicyclic) bond motifs is 2. The van der Waals surface area contributed by atoms with Crippen LogP contribution in [-0.2, 0) is 51.6 Å². The number of aromatic nitrogens is 2. The SMILES string of the molecule is CCc1ccc(CN(C)C2CCc3cccnc3C2)cc1.CCc1ccc(CNC2CCc3cccnc3C2)cc1. The van der Waals surface area contributed by atoms with Crippen molar-refractivity contribution in [3.63, 3.8) is 0 Å². The van der Waals surface area contributed by atoms with Crippen LogP contribution >= 0.6 is 0 Å². The monoisotopic (exact) mass is 546 g/mol. The van der Waals surface area contributed by atoms with Crippen LogP contribution in [0.4, 0.5) is 0 Å². The zero-order chi connectivity index (χ0) is 28.4. The van der Waals surface area contributed by atoms with Crippen LogP contribution in [0, 0.1) is 0 Å². The molecule has 4 nitrogen and oxygen atoms in total. The van der Waals surface area contributed by atoms with Crippen LogP contribution in [-0.4, -0.2) is 34.0 Å². The number of nitrogens with zero attached hydrogens (tertiary/aromatic N) is 3. The van der Waals surface area contributed by atoms with Gasteiger partial charge in [-0.05, 0) is 91.1 Å². The largest absolute Gasteiger partial charge is 0.310 e. The van der Waals surface area contributed by atoms with E-state index < -0.39 is 0 Å². The van der Waals surface area contributed by atoms with Crippen molar-refractivity contribution >= 4 is 0 Å². The molecule has 0 radical (unpaired) electrons. The molecule has 0 saturated heterocycles. The smallest absolute Gasteiger partial charge is 0.0451 e. The maximum absolute atomic E-state index is 4.55. The fourth-order valence-electron chi connectivity index (χ4n) is 6.08. The number of nitrogens with one attached hydrogen (secondary N) is 1. The number of hydrogen-bond acceptors (Lipinski definition) is 4. The van der Waals surface area contributed by atoms with E-state index in [0.29, 0.717) is 12.1 Å². The highest BCUT2D eigenvalue weighted by Crippen LogP contribution is 2.23. The van der Waals surface area contributed by atoms with Crippen LogP contribution in [0.1, 0.15) is 71.5 Å². The van der Waals surface area contributed by atoms with Gasteiger partial charge in [0, 0.05) is 61.8 Å². The highest BCUT2D eigenvalue weighted by Gasteiger charge is 2.22. The summed E-state index contributed by atoms with van der Waals surface area (Å²) in [4.78, 5) is 11.5. The minimum Gasteiger partial charge on any atom is -0.310 e. The van der Waals surface area contributed by atoms with Gasteiger partial charge in [-0.3, -0.25) is 14.9 Å². The summed E-state index contributed by atoms with van der Waals surface area (Å²) in [6.07, 6.45) is 13.0. The molecule has 0 saturated carbocycles. The van der Waals surface area contributed by atoms with Gasteiger partial charge in [0.1, 0.15) is 0 Å². The third-order valence-corrected chi connectivity index (χ3v) is 8.86. The van der Waals surface area contributed by atoms with Crippen molar-refractivity contribution in [3.05, 3.63) is 130 Å². The molecule has 2 heterocycles. The van der Waals surface area contributed by atoms with E-state index in [2.05, 4.69) is 108 Å². The van der Waals surface area contributed by atoms with Gasteiger partial charge in [-0.1, -0.05) is 74.5 Å². The highest BCUT2D eigenvalue weighted by atomic mass is 15.1. The van der Waals surface area contributed by atoms with Crippen molar-refractivity contribution in [3.8, 4) is 0 Å². The van der Waals surface area contributed by atoms with Crippen molar-refractivity contribution < 1.29 is 0 Å². The lowest BCUT2D eigenvalue weighted by Crippen LogP contribution is -2.36. The Morgan fingerprint density at radius 1 is 0.683 bits per heavy atom. The van der Waals surface area contributed by atoms with E-state index >= 15 is 0 Å². The molecular formula is C37H46N4. The minimum atomic E-state index is 0.559. The molecule has 0 fully saturated rings. The average Bonchev–Trinajstić information content (AvgIpc) is 3.04. The predicted octanol–water partition coefficient (Wildman–Crippen LogP) is 6.92. The van der Waals surface area contributed by atoms with Crippen molar-refractivity contribution in [1.29, 1.82) is 0 Å². The molecule has 2 aliphatic rings. The van der Waals surface area contributed by atoms with Crippen molar-refractivity contribution in [2.75, 3.05) is 7.05 Å². The molecule has 0 aliphatic heterocycles. The Balaban J connectivity index is 0.000000165. The number of pyridine rings is 2. The Bertz CT molecular complexity index is 1360. The van der Waals surface area contributed by atoms with E-state index in [1.54, 1.807) is 0 Å². The first-order valence-corrected chi connectivity index (χ1v) is 15.6. The van der Waals surface area contributed by atoms with Crippen LogP contribution in [0.25, 0.3) is 0 Å². The molecule has 0 amide bonds. The number of aryl methyl sites for hydroxylation is 4. The predicted molar refractivity (Wildman–Crippen MR) is 170 cm³/mol. The molecule has 2 aromatic carbocycles. The Labute approximate surface area is 247 Å². The molecule has 2 aromatic heterocycles. The van der Waals surface area contributed by atoms with Crippen molar-refractivity contribution in [1.82, 2.24) is 20.2 Å². The summed E-state index contributed by atoms with van der Waals surface area (Å²) in [6, 6.07) is 27.7. The zero-order valence-electron chi connectivity index (χ0n) is 25.2. The molecule has 4 heteroatoms. The van der Waals surface area contributed by atoms with Crippen LogP contribution in [0.2, 0.25) is 0 Å². The lowest BCUT2D eigenvalue weighted by Gasteiger charge is -2.32. The number of likely N-dealkylation sites (N-methyl/N-ethyl adjacent to an activating group) is 1. The Morgan fingerprint density at radius 3 is 1.83 bits per heavy atom. The standard InChI is InChI=1S/C19H24N2.C18H22N2/c1-3-15-6-8-16(9-7-15)14-21(2)18-11-10-17-5-4-12-20-19(17)13-18;1-2-14-5-7-15(8-6-14)13-20-17-10-9-16-4-3-11-19-18(16)12-17/h4-9,12,18H,3,10-11,13-14H2,1-2H3;3-8,11,17,20H,2,9-10,12-13H2,1H3. The maximum atomic E-state index is 4.55. The summed E-state index contributed by atoms with van der Waals surface area (Å²) in [5.74, 6) is 0. The molecule has 6 rings (SSSR count). The molecule has 2 aliphatic carbocycles. The Kier molecular flexibility index (Phi) is 10.3. The van der Waals surface area contributed by atoms with Gasteiger partial charge in [-0.2, -0.15) is 0 Å². The topological polar surface area (TPSA) is 41.1 Å². The molecular weight excluding hydrogens is 500 g/mol. The van der Waals surface area contributed by atoms with Crippen LogP contribution < -0.4 is 5.32 Å². The van der Waals surface area contributed by atoms with Crippen LogP contribution in [0.5, 0.6) is 0 Å². The first kappa shape index (κ1) is 29.2. The molecule has 214 valence electrons. The van der Waals surface area contributed by atoms with Gasteiger partial charge in [0.15, 0.2) is 0 Å². The Morgan fingerprint density at radius 2 is 1.22 bits per heavy atom. The molecule has 1 N–H and O–H groups in total. The molecule has 2 atom stereocenters. The number of rotatable bonds is 8. The van der Waals surface area contributed by atoms with E-state index in [9.17, 15) is 0 Å². The first-order chi connectivity index (χ1) is 20.1. The second kappa shape index (κ2) is 14.5. The van der Waals surface area contributed by atoms with E-state index in [4.69, 9.17) is 0 Å². The average molecular weight is 547 g/mol. The van der Waals surface area contributed by atoms with Gasteiger partial charge in [-0.15, -0.1) is 0 Å². The highest BCUT2D eigenvalue weighted by molar-refractivity contribution is 5.26.